The third-order valence-corrected chi connectivity index (χ3v) is 7.40. The summed E-state index contributed by atoms with van der Waals surface area (Å²) in [5.41, 5.74) is 1.20. The normalized spacial score (nSPS) is 16.4. The molecular weight excluding hydrogens is 484 g/mol. The van der Waals surface area contributed by atoms with Crippen molar-refractivity contribution in [3.8, 4) is 11.1 Å². The molecular formula is C25H20F4N2O3S. The number of nitrogens with one attached hydrogen (secondary N) is 1. The second-order valence-corrected chi connectivity index (χ2v) is 9.79. The summed E-state index contributed by atoms with van der Waals surface area (Å²) < 4.78 is 78.5. The van der Waals surface area contributed by atoms with E-state index in [9.17, 15) is 30.8 Å². The van der Waals surface area contributed by atoms with Crippen LogP contribution in [0.4, 0.5) is 17.6 Å². The molecule has 10 heteroatoms. The summed E-state index contributed by atoms with van der Waals surface area (Å²) in [6.45, 7) is 0.0866. The minimum absolute atomic E-state index is 0.00119. The molecule has 0 aliphatic carbocycles. The molecule has 0 unspecified atom stereocenters. The average molecular weight is 505 g/mol. The predicted octanol–water partition coefficient (Wildman–Crippen LogP) is 4.76. The van der Waals surface area contributed by atoms with Crippen molar-refractivity contribution in [2.75, 3.05) is 6.54 Å². The van der Waals surface area contributed by atoms with Crippen molar-refractivity contribution in [1.29, 1.82) is 0 Å². The lowest BCUT2D eigenvalue weighted by molar-refractivity contribution is -0.137. The minimum atomic E-state index is -4.42. The van der Waals surface area contributed by atoms with E-state index in [4.69, 9.17) is 0 Å². The van der Waals surface area contributed by atoms with E-state index in [2.05, 4.69) is 5.32 Å². The lowest BCUT2D eigenvalue weighted by Crippen LogP contribution is -2.45. The topological polar surface area (TPSA) is 66.5 Å². The Morgan fingerprint density at radius 3 is 2.31 bits per heavy atom. The number of hydrogen-bond donors (Lipinski definition) is 1. The van der Waals surface area contributed by atoms with Gasteiger partial charge in [0.05, 0.1) is 10.5 Å². The van der Waals surface area contributed by atoms with Gasteiger partial charge in [0.2, 0.25) is 15.9 Å². The second-order valence-electron chi connectivity index (χ2n) is 7.89. The molecule has 3 aromatic carbocycles. The molecule has 1 atom stereocenters. The zero-order valence-corrected chi connectivity index (χ0v) is 19.0. The van der Waals surface area contributed by atoms with Crippen molar-refractivity contribution in [1.82, 2.24) is 9.62 Å². The molecule has 4 rings (SSSR count). The smallest absolute Gasteiger partial charge is 0.350 e. The van der Waals surface area contributed by atoms with E-state index >= 15 is 0 Å². The van der Waals surface area contributed by atoms with Gasteiger partial charge >= 0.3 is 6.18 Å². The number of benzene rings is 3. The van der Waals surface area contributed by atoms with Crippen LogP contribution in [0.25, 0.3) is 11.1 Å². The van der Waals surface area contributed by atoms with Gasteiger partial charge in [-0.3, -0.25) is 4.79 Å². The summed E-state index contributed by atoms with van der Waals surface area (Å²) >= 11 is 0. The van der Waals surface area contributed by atoms with E-state index in [1.807, 2.05) is 0 Å². The molecule has 0 bridgehead atoms. The molecule has 35 heavy (non-hydrogen) atoms. The fourth-order valence-corrected chi connectivity index (χ4v) is 5.22. The van der Waals surface area contributed by atoms with Crippen LogP contribution in [0.1, 0.15) is 11.1 Å². The van der Waals surface area contributed by atoms with Gasteiger partial charge in [-0.2, -0.15) is 17.5 Å². The number of amides is 1. The van der Waals surface area contributed by atoms with Crippen molar-refractivity contribution in [2.24, 2.45) is 0 Å². The number of nitrogens with zero attached hydrogens (tertiary/aromatic N) is 1. The molecule has 1 heterocycles. The molecule has 0 fully saturated rings. The number of hydrogen-bond acceptors (Lipinski definition) is 3. The average Bonchev–Trinajstić information content (AvgIpc) is 3.34. The van der Waals surface area contributed by atoms with Crippen molar-refractivity contribution in [3.05, 3.63) is 102 Å². The summed E-state index contributed by atoms with van der Waals surface area (Å²) in [5.74, 6) is -1.11. The largest absolute Gasteiger partial charge is 0.416 e. The Morgan fingerprint density at radius 2 is 1.66 bits per heavy atom. The SMILES string of the molecule is O=C(NCc1cccc(-c2ccc(C(F)(F)F)cc2)c1)[C@@H]1C=CCN1S(=O)(=O)c1ccc(F)cc1. The highest BCUT2D eigenvalue weighted by molar-refractivity contribution is 7.89. The van der Waals surface area contributed by atoms with Crippen LogP contribution in [0.5, 0.6) is 0 Å². The van der Waals surface area contributed by atoms with E-state index in [0.29, 0.717) is 16.7 Å². The van der Waals surface area contributed by atoms with Gasteiger partial charge in [0.15, 0.2) is 0 Å². The van der Waals surface area contributed by atoms with E-state index in [0.717, 1.165) is 40.7 Å². The first kappa shape index (κ1) is 24.6. The molecule has 3 aromatic rings. The number of alkyl halides is 3. The van der Waals surface area contributed by atoms with E-state index in [-0.39, 0.29) is 18.0 Å². The number of halogens is 4. The quantitative estimate of drug-likeness (QED) is 0.389. The van der Waals surface area contributed by atoms with Crippen molar-refractivity contribution in [2.45, 2.75) is 23.7 Å². The fraction of sp³-hybridized carbons (Fsp3) is 0.160. The summed E-state index contributed by atoms with van der Waals surface area (Å²) in [4.78, 5) is 12.7. The first-order valence-electron chi connectivity index (χ1n) is 10.5. The first-order chi connectivity index (χ1) is 16.6. The molecule has 0 saturated heterocycles. The van der Waals surface area contributed by atoms with Crippen molar-refractivity contribution < 1.29 is 30.8 Å². The van der Waals surface area contributed by atoms with Crippen LogP contribution < -0.4 is 5.32 Å². The third kappa shape index (κ3) is 5.44. The van der Waals surface area contributed by atoms with E-state index in [1.54, 1.807) is 30.3 Å². The molecule has 0 spiro atoms. The molecule has 0 radical (unpaired) electrons. The highest BCUT2D eigenvalue weighted by atomic mass is 32.2. The zero-order chi connectivity index (χ0) is 25.2. The molecule has 0 saturated carbocycles. The Labute approximate surface area is 199 Å². The third-order valence-electron chi connectivity index (χ3n) is 5.54. The van der Waals surface area contributed by atoms with Gasteiger partial charge < -0.3 is 5.32 Å². The van der Waals surface area contributed by atoms with Gasteiger partial charge in [0, 0.05) is 13.1 Å². The summed E-state index contributed by atoms with van der Waals surface area (Å²) in [7, 11) is -4.03. The first-order valence-corrected chi connectivity index (χ1v) is 12.0. The molecule has 0 aromatic heterocycles. The summed E-state index contributed by atoms with van der Waals surface area (Å²) in [5, 5.41) is 2.71. The highest BCUT2D eigenvalue weighted by Gasteiger charge is 2.36. The molecule has 1 amide bonds. The highest BCUT2D eigenvalue weighted by Crippen LogP contribution is 2.31. The Kier molecular flexibility index (Phi) is 6.77. The second kappa shape index (κ2) is 9.63. The van der Waals surface area contributed by atoms with Crippen LogP contribution in [-0.2, 0) is 27.5 Å². The van der Waals surface area contributed by atoms with Crippen molar-refractivity contribution in [3.63, 3.8) is 0 Å². The van der Waals surface area contributed by atoms with Crippen LogP contribution in [-0.4, -0.2) is 31.2 Å². The summed E-state index contributed by atoms with van der Waals surface area (Å²) in [6, 6.07) is 15.0. The number of carbonyl (C=O) groups excluding carboxylic acids is 1. The van der Waals surface area contributed by atoms with Gasteiger partial charge in [0.25, 0.3) is 0 Å². The fourth-order valence-electron chi connectivity index (χ4n) is 3.72. The number of sulfonamides is 1. The van der Waals surface area contributed by atoms with Crippen LogP contribution in [0.2, 0.25) is 0 Å². The van der Waals surface area contributed by atoms with Crippen LogP contribution in [0.3, 0.4) is 0 Å². The van der Waals surface area contributed by atoms with Crippen LogP contribution in [0, 0.1) is 5.82 Å². The van der Waals surface area contributed by atoms with Crippen molar-refractivity contribution >= 4 is 15.9 Å². The van der Waals surface area contributed by atoms with Crippen LogP contribution >= 0.6 is 0 Å². The lowest BCUT2D eigenvalue weighted by atomic mass is 10.0. The molecule has 1 aliphatic rings. The Hall–Kier alpha value is -3.50. The lowest BCUT2D eigenvalue weighted by Gasteiger charge is -2.23. The monoisotopic (exact) mass is 504 g/mol. The molecule has 5 nitrogen and oxygen atoms in total. The van der Waals surface area contributed by atoms with Gasteiger partial charge in [-0.25, -0.2) is 12.8 Å². The Balaban J connectivity index is 1.45. The van der Waals surface area contributed by atoms with Gasteiger partial charge in [-0.15, -0.1) is 0 Å². The number of rotatable bonds is 6. The van der Waals surface area contributed by atoms with Gasteiger partial charge in [-0.1, -0.05) is 42.5 Å². The summed E-state index contributed by atoms with van der Waals surface area (Å²) in [6.07, 6.45) is -1.37. The van der Waals surface area contributed by atoms with Gasteiger partial charge in [0.1, 0.15) is 11.9 Å². The van der Waals surface area contributed by atoms with E-state index < -0.39 is 39.5 Å². The maximum Gasteiger partial charge on any atom is 0.416 e. The standard InChI is InChI=1S/C25H20F4N2O3S/c26-21-10-12-22(13-11-21)35(33,34)31-14-2-5-23(31)24(32)30-16-17-3-1-4-19(15-17)18-6-8-20(9-7-18)25(27,28)29/h1-13,15,23H,14,16H2,(H,30,32)/t23-/m0/s1. The van der Waals surface area contributed by atoms with Crippen LogP contribution in [0.15, 0.2) is 89.8 Å². The maximum absolute atomic E-state index is 13.2. The van der Waals surface area contributed by atoms with Gasteiger partial charge in [-0.05, 0) is 59.2 Å². The number of carbonyl (C=O) groups is 1. The van der Waals surface area contributed by atoms with E-state index in [1.165, 1.54) is 18.2 Å². The minimum Gasteiger partial charge on any atom is -0.350 e. The Morgan fingerprint density at radius 1 is 0.971 bits per heavy atom. The molecule has 182 valence electrons. The molecule has 1 aliphatic heterocycles. The maximum atomic E-state index is 13.2. The Bertz CT molecular complexity index is 1350. The predicted molar refractivity (Wildman–Crippen MR) is 122 cm³/mol. The zero-order valence-electron chi connectivity index (χ0n) is 18.2. The molecule has 1 N–H and O–H groups in total.